The van der Waals surface area contributed by atoms with Gasteiger partial charge in [-0.3, -0.25) is 9.78 Å². The molecule has 0 aliphatic rings. The van der Waals surface area contributed by atoms with E-state index in [0.29, 0.717) is 17.7 Å². The highest BCUT2D eigenvalue weighted by atomic mass is 19.4. The van der Waals surface area contributed by atoms with Crippen molar-refractivity contribution in [2.45, 2.75) is 25.3 Å². The summed E-state index contributed by atoms with van der Waals surface area (Å²) in [5.41, 5.74) is -3.19. The molecule has 3 nitrogen and oxygen atoms in total. The van der Waals surface area contributed by atoms with Crippen LogP contribution in [0.5, 0.6) is 0 Å². The van der Waals surface area contributed by atoms with Crippen LogP contribution in [0.3, 0.4) is 0 Å². The number of benzene rings is 1. The normalized spacial score (nSPS) is 13.4. The highest BCUT2D eigenvalue weighted by Crippen LogP contribution is 2.36. The number of carbonyl (C=O) groups excluding carboxylic acids is 1. The smallest absolute Gasteiger partial charge is 0.346 e. The monoisotopic (exact) mass is 362 g/mol. The molecule has 1 N–H and O–H groups in total. The number of nitrogens with one attached hydrogen (secondary N) is 1. The molecule has 1 aromatic heterocycles. The van der Waals surface area contributed by atoms with Gasteiger partial charge in [0.05, 0.1) is 17.2 Å². The fourth-order valence-electron chi connectivity index (χ4n) is 2.10. The molecular weight excluding hydrogens is 350 g/mol. The molecule has 2 aromatic rings. The first kappa shape index (κ1) is 18.8. The molecule has 0 saturated heterocycles. The summed E-state index contributed by atoms with van der Waals surface area (Å²) >= 11 is 0. The lowest BCUT2D eigenvalue weighted by molar-refractivity contribution is -0.143. The van der Waals surface area contributed by atoms with E-state index in [1.165, 1.54) is 12.4 Å². The largest absolute Gasteiger partial charge is 0.416 e. The van der Waals surface area contributed by atoms with Gasteiger partial charge in [0.25, 0.3) is 5.91 Å². The molecule has 25 heavy (non-hydrogen) atoms. The van der Waals surface area contributed by atoms with E-state index in [2.05, 4.69) is 10.3 Å². The molecule has 1 aromatic carbocycles. The first-order valence-electron chi connectivity index (χ1n) is 6.99. The second-order valence-corrected chi connectivity index (χ2v) is 5.27. The van der Waals surface area contributed by atoms with E-state index in [9.17, 15) is 31.1 Å². The molecule has 0 saturated carbocycles. The van der Waals surface area contributed by atoms with E-state index in [-0.39, 0.29) is 6.07 Å². The predicted octanol–water partition coefficient (Wildman–Crippen LogP) is 4.61. The summed E-state index contributed by atoms with van der Waals surface area (Å²) in [4.78, 5) is 15.9. The van der Waals surface area contributed by atoms with Gasteiger partial charge in [0.1, 0.15) is 0 Å². The number of nitrogens with zero attached hydrogens (tertiary/aromatic N) is 1. The van der Waals surface area contributed by atoms with Crippen molar-refractivity contribution < 1.29 is 31.1 Å². The van der Waals surface area contributed by atoms with Gasteiger partial charge in [0.15, 0.2) is 0 Å². The standard InChI is InChI=1S/C16H12F6N2O/c1-9(10-2-4-23-5-3-10)24-14(25)11-6-12(15(17,18)19)8-13(7-11)16(20,21)22/h2-9H,1H3,(H,24,25). The number of rotatable bonds is 3. The summed E-state index contributed by atoms with van der Waals surface area (Å²) in [5.74, 6) is -1.04. The van der Waals surface area contributed by atoms with Gasteiger partial charge >= 0.3 is 12.4 Å². The average molecular weight is 362 g/mol. The number of halogens is 6. The van der Waals surface area contributed by atoms with Crippen LogP contribution >= 0.6 is 0 Å². The molecule has 1 atom stereocenters. The maximum Gasteiger partial charge on any atom is 0.416 e. The number of pyridine rings is 1. The Morgan fingerprint density at radius 3 is 1.88 bits per heavy atom. The molecule has 0 bridgehead atoms. The Morgan fingerprint density at radius 1 is 0.960 bits per heavy atom. The van der Waals surface area contributed by atoms with E-state index >= 15 is 0 Å². The van der Waals surface area contributed by atoms with Crippen molar-refractivity contribution in [2.75, 3.05) is 0 Å². The van der Waals surface area contributed by atoms with Crippen LogP contribution in [0.2, 0.25) is 0 Å². The van der Waals surface area contributed by atoms with E-state index in [0.717, 1.165) is 0 Å². The molecule has 0 fully saturated rings. The Balaban J connectivity index is 2.35. The number of hydrogen-bond donors (Lipinski definition) is 1. The van der Waals surface area contributed by atoms with E-state index in [4.69, 9.17) is 0 Å². The van der Waals surface area contributed by atoms with Gasteiger partial charge in [-0.15, -0.1) is 0 Å². The fraction of sp³-hybridized carbons (Fsp3) is 0.250. The van der Waals surface area contributed by atoms with Gasteiger partial charge in [0, 0.05) is 18.0 Å². The predicted molar refractivity (Wildman–Crippen MR) is 76.6 cm³/mol. The summed E-state index contributed by atoms with van der Waals surface area (Å²) in [6.07, 6.45) is -7.12. The molecule has 1 heterocycles. The summed E-state index contributed by atoms with van der Waals surface area (Å²) in [6.45, 7) is 1.55. The van der Waals surface area contributed by atoms with Gasteiger partial charge in [-0.25, -0.2) is 0 Å². The maximum absolute atomic E-state index is 12.8. The van der Waals surface area contributed by atoms with Crippen molar-refractivity contribution in [1.82, 2.24) is 10.3 Å². The molecule has 134 valence electrons. The Morgan fingerprint density at radius 2 is 1.44 bits per heavy atom. The van der Waals surface area contributed by atoms with E-state index < -0.39 is 41.0 Å². The summed E-state index contributed by atoms with van der Waals surface area (Å²) in [7, 11) is 0. The molecule has 9 heteroatoms. The third-order valence-electron chi connectivity index (χ3n) is 3.40. The zero-order valence-electron chi connectivity index (χ0n) is 12.7. The van der Waals surface area contributed by atoms with Crippen molar-refractivity contribution in [3.8, 4) is 0 Å². The minimum absolute atomic E-state index is 0.0247. The summed E-state index contributed by atoms with van der Waals surface area (Å²) < 4.78 is 76.9. The first-order chi connectivity index (χ1) is 11.5. The van der Waals surface area contributed by atoms with Crippen LogP contribution < -0.4 is 5.32 Å². The highest BCUT2D eigenvalue weighted by molar-refractivity contribution is 5.95. The molecule has 0 aliphatic carbocycles. The molecule has 0 spiro atoms. The van der Waals surface area contributed by atoms with Gasteiger partial charge in [-0.2, -0.15) is 26.3 Å². The van der Waals surface area contributed by atoms with Crippen LogP contribution in [0.4, 0.5) is 26.3 Å². The lowest BCUT2D eigenvalue weighted by atomic mass is 10.0. The molecule has 0 radical (unpaired) electrons. The number of hydrogen-bond acceptors (Lipinski definition) is 2. The number of aromatic nitrogens is 1. The number of carbonyl (C=O) groups is 1. The third kappa shape index (κ3) is 4.71. The lowest BCUT2D eigenvalue weighted by Gasteiger charge is -2.17. The molecular formula is C16H12F6N2O. The molecule has 1 unspecified atom stereocenters. The minimum atomic E-state index is -5.01. The second kappa shape index (κ2) is 6.73. The van der Waals surface area contributed by atoms with Crippen molar-refractivity contribution in [3.05, 3.63) is 65.0 Å². The topological polar surface area (TPSA) is 42.0 Å². The second-order valence-electron chi connectivity index (χ2n) is 5.27. The van der Waals surface area contributed by atoms with E-state index in [1.54, 1.807) is 19.1 Å². The fourth-order valence-corrected chi connectivity index (χ4v) is 2.10. The number of alkyl halides is 6. The Hall–Kier alpha value is -2.58. The minimum Gasteiger partial charge on any atom is -0.346 e. The van der Waals surface area contributed by atoms with Gasteiger partial charge in [-0.05, 0) is 42.8 Å². The summed E-state index contributed by atoms with van der Waals surface area (Å²) in [6, 6.07) is 3.27. The summed E-state index contributed by atoms with van der Waals surface area (Å²) in [5, 5.41) is 2.37. The molecule has 1 amide bonds. The Labute approximate surface area is 138 Å². The average Bonchev–Trinajstić information content (AvgIpc) is 2.53. The van der Waals surface area contributed by atoms with Crippen LogP contribution in [0.1, 0.15) is 40.0 Å². The van der Waals surface area contributed by atoms with Crippen molar-refractivity contribution in [1.29, 1.82) is 0 Å². The van der Waals surface area contributed by atoms with Gasteiger partial charge < -0.3 is 5.32 Å². The van der Waals surface area contributed by atoms with Crippen LogP contribution in [0, 0.1) is 0 Å². The SMILES string of the molecule is CC(NC(=O)c1cc(C(F)(F)F)cc(C(F)(F)F)c1)c1ccncc1. The van der Waals surface area contributed by atoms with Crippen molar-refractivity contribution in [3.63, 3.8) is 0 Å². The first-order valence-corrected chi connectivity index (χ1v) is 6.99. The maximum atomic E-state index is 12.8. The zero-order chi connectivity index (χ0) is 18.8. The van der Waals surface area contributed by atoms with Crippen LogP contribution in [-0.4, -0.2) is 10.9 Å². The van der Waals surface area contributed by atoms with Crippen LogP contribution in [-0.2, 0) is 12.4 Å². The van der Waals surface area contributed by atoms with Gasteiger partial charge in [0.2, 0.25) is 0 Å². The zero-order valence-corrected chi connectivity index (χ0v) is 12.7. The van der Waals surface area contributed by atoms with Crippen molar-refractivity contribution >= 4 is 5.91 Å². The molecule has 2 rings (SSSR count). The highest BCUT2D eigenvalue weighted by Gasteiger charge is 2.37. The van der Waals surface area contributed by atoms with Crippen molar-refractivity contribution in [2.24, 2.45) is 0 Å². The van der Waals surface area contributed by atoms with Crippen LogP contribution in [0.15, 0.2) is 42.7 Å². The molecule has 0 aliphatic heterocycles. The van der Waals surface area contributed by atoms with Crippen LogP contribution in [0.25, 0.3) is 0 Å². The number of amides is 1. The van der Waals surface area contributed by atoms with Gasteiger partial charge in [-0.1, -0.05) is 0 Å². The Bertz CT molecular complexity index is 723. The quantitative estimate of drug-likeness (QED) is 0.811. The third-order valence-corrected chi connectivity index (χ3v) is 3.40. The lowest BCUT2D eigenvalue weighted by Crippen LogP contribution is -2.27. The Kier molecular flexibility index (Phi) is 5.05. The van der Waals surface area contributed by atoms with E-state index in [1.807, 2.05) is 0 Å².